The zero-order chi connectivity index (χ0) is 23.2. The van der Waals surface area contributed by atoms with E-state index in [2.05, 4.69) is 48.5 Å². The molecule has 172 valence electrons. The van der Waals surface area contributed by atoms with E-state index in [1.807, 2.05) is 38.6 Å². The van der Waals surface area contributed by atoms with Crippen molar-refractivity contribution in [2.45, 2.75) is 13.5 Å². The number of aromatic amines is 1. The number of aryl methyl sites for hydroxylation is 1. The molecule has 9 heteroatoms. The topological polar surface area (TPSA) is 90.6 Å². The van der Waals surface area contributed by atoms with E-state index in [4.69, 9.17) is 15.0 Å². The Kier molecular flexibility index (Phi) is 4.99. The van der Waals surface area contributed by atoms with Crippen molar-refractivity contribution in [3.05, 3.63) is 59.4 Å². The van der Waals surface area contributed by atoms with Crippen LogP contribution < -0.4 is 4.90 Å². The van der Waals surface area contributed by atoms with Gasteiger partial charge in [0.15, 0.2) is 0 Å². The molecule has 0 aliphatic carbocycles. The molecule has 0 bridgehead atoms. The number of likely N-dealkylation sites (N-methyl/N-ethyl adjacent to an activating group) is 1. The lowest BCUT2D eigenvalue weighted by Gasteiger charge is -2.33. The van der Waals surface area contributed by atoms with Gasteiger partial charge in [-0.15, -0.1) is 0 Å². The molecule has 0 spiro atoms. The van der Waals surface area contributed by atoms with E-state index < -0.39 is 0 Å². The number of aromatic nitrogens is 5. The second-order valence-corrected chi connectivity index (χ2v) is 8.98. The summed E-state index contributed by atoms with van der Waals surface area (Å²) in [5, 5.41) is 1.11. The van der Waals surface area contributed by atoms with E-state index in [0.717, 1.165) is 82.6 Å². The first-order chi connectivity index (χ1) is 16.6. The van der Waals surface area contributed by atoms with Gasteiger partial charge in [-0.25, -0.2) is 15.0 Å². The molecule has 9 nitrogen and oxygen atoms in total. The van der Waals surface area contributed by atoms with Gasteiger partial charge < -0.3 is 19.4 Å². The van der Waals surface area contributed by atoms with Gasteiger partial charge in [0.1, 0.15) is 18.0 Å². The van der Waals surface area contributed by atoms with Crippen molar-refractivity contribution in [2.75, 3.05) is 38.1 Å². The molecule has 6 heterocycles. The average molecular weight is 454 g/mol. The molecular formula is C25H27N9. The zero-order valence-electron chi connectivity index (χ0n) is 19.7. The summed E-state index contributed by atoms with van der Waals surface area (Å²) in [5.74, 6) is 1.97. The van der Waals surface area contributed by atoms with Crippen LogP contribution in [0.4, 0.5) is 5.82 Å². The number of nitrogens with zero attached hydrogens (tertiary/aromatic N) is 8. The standard InChI is InChI=1S/C25H27N9/c1-16-28-14-23(33(16)3)21-10-18-17(13-29-21)12-26-15-30-24(18)22-11-19-20(31-22)4-5-27-25(19)34-8-6-32(2)7-9-34/h4-5,10-11,13-15,31H,6-9,12H2,1-3H3. The number of fused-ring (bicyclic) bond motifs is 2. The fourth-order valence-electron chi connectivity index (χ4n) is 4.67. The first-order valence-corrected chi connectivity index (χ1v) is 11.5. The number of rotatable bonds is 3. The SMILES string of the molecule is Cc1ncc(-c2cc3c(cn2)CN=CN=C3c2cc3c(N4CCN(C)CC4)nccc3[nH]2)n1C. The van der Waals surface area contributed by atoms with Crippen LogP contribution in [0.1, 0.15) is 22.6 Å². The molecule has 0 unspecified atom stereocenters. The van der Waals surface area contributed by atoms with Crippen molar-refractivity contribution < 1.29 is 0 Å². The molecular weight excluding hydrogens is 426 g/mol. The molecule has 4 aromatic heterocycles. The first kappa shape index (κ1) is 20.7. The number of piperazine rings is 1. The predicted molar refractivity (Wildman–Crippen MR) is 135 cm³/mol. The molecule has 2 aliphatic rings. The Morgan fingerprint density at radius 2 is 1.82 bits per heavy atom. The maximum atomic E-state index is 4.75. The summed E-state index contributed by atoms with van der Waals surface area (Å²) >= 11 is 0. The Hall–Kier alpha value is -3.85. The molecule has 4 aromatic rings. The number of aliphatic imine (C=N–C) groups is 2. The minimum atomic E-state index is 0.550. The lowest BCUT2D eigenvalue weighted by atomic mass is 10.0. The van der Waals surface area contributed by atoms with Crippen LogP contribution in [0.25, 0.3) is 22.3 Å². The number of imidazole rings is 1. The Morgan fingerprint density at radius 3 is 2.62 bits per heavy atom. The van der Waals surface area contributed by atoms with Gasteiger partial charge >= 0.3 is 0 Å². The third-order valence-corrected chi connectivity index (χ3v) is 6.84. The molecule has 0 atom stereocenters. The highest BCUT2D eigenvalue weighted by Gasteiger charge is 2.22. The number of hydrogen-bond donors (Lipinski definition) is 1. The number of H-pyrrole nitrogens is 1. The Morgan fingerprint density at radius 1 is 0.971 bits per heavy atom. The highest BCUT2D eigenvalue weighted by molar-refractivity contribution is 6.17. The van der Waals surface area contributed by atoms with Gasteiger partial charge in [0.2, 0.25) is 0 Å². The highest BCUT2D eigenvalue weighted by Crippen LogP contribution is 2.29. The zero-order valence-corrected chi connectivity index (χ0v) is 19.7. The van der Waals surface area contributed by atoms with Crippen molar-refractivity contribution in [2.24, 2.45) is 17.0 Å². The van der Waals surface area contributed by atoms with Crippen LogP contribution in [0.15, 0.2) is 46.8 Å². The van der Waals surface area contributed by atoms with E-state index in [1.165, 1.54) is 0 Å². The molecule has 0 saturated carbocycles. The molecule has 1 fully saturated rings. The molecule has 34 heavy (non-hydrogen) atoms. The third-order valence-electron chi connectivity index (χ3n) is 6.84. The van der Waals surface area contributed by atoms with Gasteiger partial charge in [-0.05, 0) is 32.2 Å². The summed E-state index contributed by atoms with van der Waals surface area (Å²) in [6, 6.07) is 6.30. The monoisotopic (exact) mass is 453 g/mol. The Labute approximate surface area is 197 Å². The van der Waals surface area contributed by atoms with Crippen LogP contribution in [-0.4, -0.2) is 74.7 Å². The van der Waals surface area contributed by atoms with E-state index in [9.17, 15) is 0 Å². The Bertz CT molecular complexity index is 1430. The van der Waals surface area contributed by atoms with Crippen LogP contribution in [0.3, 0.4) is 0 Å². The number of hydrogen-bond acceptors (Lipinski definition) is 7. The lowest BCUT2D eigenvalue weighted by Crippen LogP contribution is -2.44. The summed E-state index contributed by atoms with van der Waals surface area (Å²) in [5.41, 5.74) is 6.79. The first-order valence-electron chi connectivity index (χ1n) is 11.5. The third kappa shape index (κ3) is 3.49. The van der Waals surface area contributed by atoms with Gasteiger partial charge in [-0.2, -0.15) is 0 Å². The van der Waals surface area contributed by atoms with Gasteiger partial charge in [0, 0.05) is 62.1 Å². The second kappa shape index (κ2) is 8.18. The summed E-state index contributed by atoms with van der Waals surface area (Å²) in [7, 11) is 4.17. The highest BCUT2D eigenvalue weighted by atomic mass is 15.3. The van der Waals surface area contributed by atoms with Crippen molar-refractivity contribution >= 4 is 28.8 Å². The van der Waals surface area contributed by atoms with Crippen molar-refractivity contribution in [3.63, 3.8) is 0 Å². The normalized spacial score (nSPS) is 16.6. The number of anilines is 1. The van der Waals surface area contributed by atoms with Crippen molar-refractivity contribution in [3.8, 4) is 11.4 Å². The summed E-state index contributed by atoms with van der Waals surface area (Å²) in [6.07, 6.45) is 7.30. The number of pyridine rings is 2. The van der Waals surface area contributed by atoms with Gasteiger partial charge in [-0.1, -0.05) is 0 Å². The van der Waals surface area contributed by atoms with Crippen LogP contribution in [0, 0.1) is 6.92 Å². The van der Waals surface area contributed by atoms with E-state index in [0.29, 0.717) is 6.54 Å². The average Bonchev–Trinajstić information content (AvgIpc) is 3.35. The minimum Gasteiger partial charge on any atom is -0.353 e. The lowest BCUT2D eigenvalue weighted by molar-refractivity contribution is 0.312. The smallest absolute Gasteiger partial charge is 0.138 e. The summed E-state index contributed by atoms with van der Waals surface area (Å²) in [6.45, 7) is 6.56. The van der Waals surface area contributed by atoms with Crippen LogP contribution in [0.5, 0.6) is 0 Å². The van der Waals surface area contributed by atoms with Gasteiger partial charge in [0.25, 0.3) is 0 Å². The summed E-state index contributed by atoms with van der Waals surface area (Å²) in [4.78, 5) is 31.4. The molecule has 0 aromatic carbocycles. The fraction of sp³-hybridized carbons (Fsp3) is 0.320. The van der Waals surface area contributed by atoms with E-state index >= 15 is 0 Å². The molecule has 0 amide bonds. The molecule has 1 saturated heterocycles. The number of nitrogens with one attached hydrogen (secondary N) is 1. The summed E-state index contributed by atoms with van der Waals surface area (Å²) < 4.78 is 2.05. The Balaban J connectivity index is 1.44. The predicted octanol–water partition coefficient (Wildman–Crippen LogP) is 2.80. The second-order valence-electron chi connectivity index (χ2n) is 8.98. The van der Waals surface area contributed by atoms with E-state index in [1.54, 1.807) is 6.34 Å². The largest absolute Gasteiger partial charge is 0.353 e. The van der Waals surface area contributed by atoms with Crippen LogP contribution >= 0.6 is 0 Å². The maximum absolute atomic E-state index is 4.75. The maximum Gasteiger partial charge on any atom is 0.138 e. The minimum absolute atomic E-state index is 0.550. The van der Waals surface area contributed by atoms with Crippen molar-refractivity contribution in [1.29, 1.82) is 0 Å². The van der Waals surface area contributed by atoms with Crippen molar-refractivity contribution in [1.82, 2.24) is 29.4 Å². The van der Waals surface area contributed by atoms with Gasteiger partial charge in [-0.3, -0.25) is 9.98 Å². The fourth-order valence-corrected chi connectivity index (χ4v) is 4.67. The quantitative estimate of drug-likeness (QED) is 0.515. The van der Waals surface area contributed by atoms with Crippen LogP contribution in [0.2, 0.25) is 0 Å². The van der Waals surface area contributed by atoms with Crippen LogP contribution in [-0.2, 0) is 13.6 Å². The van der Waals surface area contributed by atoms with Gasteiger partial charge in [0.05, 0.1) is 41.1 Å². The van der Waals surface area contributed by atoms with E-state index in [-0.39, 0.29) is 0 Å². The molecule has 2 aliphatic heterocycles. The molecule has 0 radical (unpaired) electrons. The molecule has 6 rings (SSSR count). The molecule has 1 N–H and O–H groups in total.